The van der Waals surface area contributed by atoms with E-state index in [1.165, 1.54) is 0 Å². The first kappa shape index (κ1) is 17.7. The average Bonchev–Trinajstić information content (AvgIpc) is 2.63. The molecule has 1 amide bonds. The fourth-order valence-electron chi connectivity index (χ4n) is 2.85. The lowest BCUT2D eigenvalue weighted by Crippen LogP contribution is -2.40. The minimum absolute atomic E-state index is 0.0632. The molecule has 0 fully saturated rings. The first-order chi connectivity index (χ1) is 12.5. The Bertz CT molecular complexity index is 963. The SMILES string of the molecule is O=C(Cc1cc2ccccc2[nH]c1=O)N[C@H](CO)Cc1ccc(O)cc1. The van der Waals surface area contributed by atoms with Gasteiger partial charge < -0.3 is 20.5 Å². The molecule has 26 heavy (non-hydrogen) atoms. The number of amides is 1. The van der Waals surface area contributed by atoms with E-state index in [2.05, 4.69) is 10.3 Å². The molecule has 0 aliphatic heterocycles. The van der Waals surface area contributed by atoms with Crippen LogP contribution in [0.1, 0.15) is 11.1 Å². The van der Waals surface area contributed by atoms with Gasteiger partial charge in [0, 0.05) is 11.1 Å². The van der Waals surface area contributed by atoms with Crippen molar-refractivity contribution in [2.24, 2.45) is 0 Å². The molecule has 0 saturated heterocycles. The van der Waals surface area contributed by atoms with Crippen molar-refractivity contribution in [2.75, 3.05) is 6.61 Å². The van der Waals surface area contributed by atoms with E-state index in [9.17, 15) is 19.8 Å². The summed E-state index contributed by atoms with van der Waals surface area (Å²) in [6, 6.07) is 15.2. The number of benzene rings is 2. The largest absolute Gasteiger partial charge is 0.508 e. The maximum atomic E-state index is 12.3. The van der Waals surface area contributed by atoms with Crippen LogP contribution in [0.5, 0.6) is 5.75 Å². The van der Waals surface area contributed by atoms with Gasteiger partial charge in [0.15, 0.2) is 0 Å². The monoisotopic (exact) mass is 352 g/mol. The molecule has 1 aromatic heterocycles. The van der Waals surface area contributed by atoms with E-state index in [4.69, 9.17) is 0 Å². The number of nitrogens with one attached hydrogen (secondary N) is 2. The summed E-state index contributed by atoms with van der Waals surface area (Å²) in [4.78, 5) is 27.2. The number of aromatic amines is 1. The molecule has 1 heterocycles. The lowest BCUT2D eigenvalue weighted by Gasteiger charge is -2.16. The Balaban J connectivity index is 1.68. The molecule has 0 aliphatic carbocycles. The summed E-state index contributed by atoms with van der Waals surface area (Å²) in [5, 5.41) is 22.4. The molecule has 3 rings (SSSR count). The third-order valence-electron chi connectivity index (χ3n) is 4.19. The number of phenolic OH excluding ortho intramolecular Hbond substituents is 1. The Morgan fingerprint density at radius 3 is 2.58 bits per heavy atom. The van der Waals surface area contributed by atoms with Crippen LogP contribution in [-0.2, 0) is 17.6 Å². The molecular weight excluding hydrogens is 332 g/mol. The van der Waals surface area contributed by atoms with Gasteiger partial charge in [-0.3, -0.25) is 9.59 Å². The number of rotatable bonds is 6. The Morgan fingerprint density at radius 1 is 1.12 bits per heavy atom. The minimum Gasteiger partial charge on any atom is -0.508 e. The number of phenols is 1. The van der Waals surface area contributed by atoms with Crippen molar-refractivity contribution in [3.63, 3.8) is 0 Å². The van der Waals surface area contributed by atoms with Crippen molar-refractivity contribution in [1.29, 1.82) is 0 Å². The van der Waals surface area contributed by atoms with Gasteiger partial charge >= 0.3 is 0 Å². The van der Waals surface area contributed by atoms with Crippen LogP contribution >= 0.6 is 0 Å². The highest BCUT2D eigenvalue weighted by Gasteiger charge is 2.14. The van der Waals surface area contributed by atoms with E-state index in [0.29, 0.717) is 12.0 Å². The lowest BCUT2D eigenvalue weighted by atomic mass is 10.1. The second-order valence-corrected chi connectivity index (χ2v) is 6.21. The molecule has 4 N–H and O–H groups in total. The summed E-state index contributed by atoms with van der Waals surface area (Å²) < 4.78 is 0. The van der Waals surface area contributed by atoms with E-state index < -0.39 is 6.04 Å². The number of pyridine rings is 1. The zero-order valence-corrected chi connectivity index (χ0v) is 14.1. The normalized spacial score (nSPS) is 12.0. The standard InChI is InChI=1S/C20H20N2O4/c23-12-16(9-13-5-7-17(24)8-6-13)21-19(25)11-15-10-14-3-1-2-4-18(14)22-20(15)26/h1-8,10,16,23-24H,9,11-12H2,(H,21,25)(H,22,26)/t16-/m0/s1. The van der Waals surface area contributed by atoms with Crippen LogP contribution in [0.4, 0.5) is 0 Å². The van der Waals surface area contributed by atoms with E-state index in [1.807, 2.05) is 18.2 Å². The smallest absolute Gasteiger partial charge is 0.252 e. The lowest BCUT2D eigenvalue weighted by molar-refractivity contribution is -0.121. The highest BCUT2D eigenvalue weighted by Crippen LogP contribution is 2.12. The maximum Gasteiger partial charge on any atom is 0.252 e. The Labute approximate surface area is 150 Å². The third kappa shape index (κ3) is 4.29. The Hall–Kier alpha value is -3.12. The van der Waals surface area contributed by atoms with Crippen molar-refractivity contribution in [1.82, 2.24) is 10.3 Å². The molecule has 0 unspecified atom stereocenters. The average molecular weight is 352 g/mol. The van der Waals surface area contributed by atoms with Crippen LogP contribution < -0.4 is 10.9 Å². The molecular formula is C20H20N2O4. The van der Waals surface area contributed by atoms with Crippen molar-refractivity contribution < 1.29 is 15.0 Å². The summed E-state index contributed by atoms with van der Waals surface area (Å²) in [5.74, 6) is -0.169. The number of aliphatic hydroxyl groups excluding tert-OH is 1. The summed E-state index contributed by atoms with van der Waals surface area (Å²) in [6.07, 6.45) is 0.364. The van der Waals surface area contributed by atoms with Gasteiger partial charge in [0.2, 0.25) is 5.91 Å². The highest BCUT2D eigenvalue weighted by molar-refractivity contribution is 5.82. The van der Waals surface area contributed by atoms with E-state index in [0.717, 1.165) is 16.5 Å². The summed E-state index contributed by atoms with van der Waals surface area (Å²) in [6.45, 7) is -0.222. The number of aliphatic hydroxyl groups is 1. The minimum atomic E-state index is -0.466. The number of carbonyl (C=O) groups excluding carboxylic acids is 1. The fourth-order valence-corrected chi connectivity index (χ4v) is 2.85. The first-order valence-corrected chi connectivity index (χ1v) is 8.34. The van der Waals surface area contributed by atoms with Crippen molar-refractivity contribution >= 4 is 16.8 Å². The highest BCUT2D eigenvalue weighted by atomic mass is 16.3. The first-order valence-electron chi connectivity index (χ1n) is 8.34. The molecule has 0 radical (unpaired) electrons. The van der Waals surface area contributed by atoms with Gasteiger partial charge in [0.05, 0.1) is 19.1 Å². The van der Waals surface area contributed by atoms with Crippen LogP contribution in [0, 0.1) is 0 Å². The van der Waals surface area contributed by atoms with E-state index in [1.54, 1.807) is 36.4 Å². The number of fused-ring (bicyclic) bond motifs is 1. The second-order valence-electron chi connectivity index (χ2n) is 6.21. The second kappa shape index (κ2) is 7.84. The molecule has 6 heteroatoms. The molecule has 0 aliphatic rings. The molecule has 2 aromatic carbocycles. The maximum absolute atomic E-state index is 12.3. The zero-order valence-electron chi connectivity index (χ0n) is 14.1. The van der Waals surface area contributed by atoms with Gasteiger partial charge in [-0.15, -0.1) is 0 Å². The van der Waals surface area contributed by atoms with E-state index in [-0.39, 0.29) is 30.2 Å². The number of para-hydroxylation sites is 1. The number of aromatic nitrogens is 1. The van der Waals surface area contributed by atoms with Gasteiger partial charge in [0.25, 0.3) is 5.56 Å². The predicted octanol–water partition coefficient (Wildman–Crippen LogP) is 1.50. The van der Waals surface area contributed by atoms with Crippen molar-refractivity contribution in [3.05, 3.63) is 76.1 Å². The molecule has 0 spiro atoms. The molecule has 3 aromatic rings. The number of aromatic hydroxyl groups is 1. The van der Waals surface area contributed by atoms with E-state index >= 15 is 0 Å². The van der Waals surface area contributed by atoms with Crippen LogP contribution in [0.2, 0.25) is 0 Å². The predicted molar refractivity (Wildman–Crippen MR) is 99.1 cm³/mol. The number of H-pyrrole nitrogens is 1. The summed E-state index contributed by atoms with van der Waals surface area (Å²) >= 11 is 0. The Morgan fingerprint density at radius 2 is 1.85 bits per heavy atom. The number of hydrogen-bond donors (Lipinski definition) is 4. The van der Waals surface area contributed by atoms with Gasteiger partial charge in [-0.2, -0.15) is 0 Å². The molecule has 1 atom stereocenters. The zero-order chi connectivity index (χ0) is 18.5. The van der Waals surface area contributed by atoms with Crippen LogP contribution in [0.15, 0.2) is 59.4 Å². The third-order valence-corrected chi connectivity index (χ3v) is 4.19. The van der Waals surface area contributed by atoms with Gasteiger partial charge in [0.1, 0.15) is 5.75 Å². The van der Waals surface area contributed by atoms with Crippen LogP contribution in [0.25, 0.3) is 10.9 Å². The quantitative estimate of drug-likeness (QED) is 0.540. The van der Waals surface area contributed by atoms with Crippen molar-refractivity contribution in [2.45, 2.75) is 18.9 Å². The molecule has 0 bridgehead atoms. The Kier molecular flexibility index (Phi) is 5.34. The van der Waals surface area contributed by atoms with Gasteiger partial charge in [-0.25, -0.2) is 0 Å². The molecule has 0 saturated carbocycles. The molecule has 134 valence electrons. The number of carbonyl (C=O) groups is 1. The van der Waals surface area contributed by atoms with Crippen molar-refractivity contribution in [3.8, 4) is 5.75 Å². The van der Waals surface area contributed by atoms with Gasteiger partial charge in [-0.05, 0) is 41.6 Å². The summed E-state index contributed by atoms with van der Waals surface area (Å²) in [5.41, 5.74) is 1.69. The summed E-state index contributed by atoms with van der Waals surface area (Å²) in [7, 11) is 0. The van der Waals surface area contributed by atoms with Crippen LogP contribution in [0.3, 0.4) is 0 Å². The number of hydrogen-bond acceptors (Lipinski definition) is 4. The molecule has 6 nitrogen and oxygen atoms in total. The van der Waals surface area contributed by atoms with Crippen LogP contribution in [-0.4, -0.2) is 33.8 Å². The fraction of sp³-hybridized carbons (Fsp3) is 0.200. The topological polar surface area (TPSA) is 102 Å². The van der Waals surface area contributed by atoms with Gasteiger partial charge in [-0.1, -0.05) is 30.3 Å².